The first-order valence-electron chi connectivity index (χ1n) is 5.23. The summed E-state index contributed by atoms with van der Waals surface area (Å²) < 4.78 is 27.2. The van der Waals surface area contributed by atoms with E-state index in [-0.39, 0.29) is 10.6 Å². The molecule has 0 aliphatic rings. The molecule has 0 unspecified atom stereocenters. The van der Waals surface area contributed by atoms with Crippen LogP contribution in [0.5, 0.6) is 5.75 Å². The lowest BCUT2D eigenvalue weighted by Gasteiger charge is -1.99. The summed E-state index contributed by atoms with van der Waals surface area (Å²) in [7, 11) is -3.72. The average Bonchev–Trinajstić information content (AvgIpc) is 2.39. The zero-order chi connectivity index (χ0) is 13.0. The van der Waals surface area contributed by atoms with Gasteiger partial charge in [-0.25, -0.2) is 0 Å². The Bertz CT molecular complexity index is 664. The molecule has 0 heterocycles. The van der Waals surface area contributed by atoms with Crippen molar-refractivity contribution in [3.63, 3.8) is 0 Å². The molecule has 18 heavy (non-hydrogen) atoms. The Morgan fingerprint density at radius 1 is 0.944 bits per heavy atom. The highest BCUT2D eigenvalue weighted by Crippen LogP contribution is 2.15. The summed E-state index contributed by atoms with van der Waals surface area (Å²) >= 11 is 0. The van der Waals surface area contributed by atoms with Crippen LogP contribution in [0.25, 0.3) is 0 Å². The van der Waals surface area contributed by atoms with Crippen LogP contribution in [-0.2, 0) is 10.0 Å². The van der Waals surface area contributed by atoms with Crippen molar-refractivity contribution in [3.05, 3.63) is 60.2 Å². The molecule has 0 aliphatic carbocycles. The first kappa shape index (κ1) is 12.3. The largest absolute Gasteiger partial charge is 0.507 e. The van der Waals surface area contributed by atoms with Gasteiger partial charge in [0.1, 0.15) is 5.75 Å². The van der Waals surface area contributed by atoms with Crippen molar-refractivity contribution in [2.45, 2.75) is 4.90 Å². The molecule has 4 nitrogen and oxygen atoms in total. The van der Waals surface area contributed by atoms with Crippen LogP contribution in [0.1, 0.15) is 5.56 Å². The highest BCUT2D eigenvalue weighted by atomic mass is 32.2. The molecule has 0 aromatic heterocycles. The van der Waals surface area contributed by atoms with E-state index < -0.39 is 10.0 Å². The van der Waals surface area contributed by atoms with Crippen LogP contribution in [0.3, 0.4) is 0 Å². The van der Waals surface area contributed by atoms with Crippen molar-refractivity contribution >= 4 is 16.2 Å². The van der Waals surface area contributed by atoms with Crippen molar-refractivity contribution in [2.75, 3.05) is 0 Å². The lowest BCUT2D eigenvalue weighted by molar-refractivity contribution is 0.474. The molecule has 0 amide bonds. The molecule has 0 fully saturated rings. The Labute approximate surface area is 105 Å². The minimum Gasteiger partial charge on any atom is -0.507 e. The third kappa shape index (κ3) is 2.75. The van der Waals surface area contributed by atoms with Crippen LogP contribution in [0.15, 0.2) is 63.9 Å². The van der Waals surface area contributed by atoms with E-state index in [0.29, 0.717) is 5.56 Å². The zero-order valence-corrected chi connectivity index (χ0v) is 10.2. The molecule has 2 aromatic carbocycles. The second-order valence-electron chi connectivity index (χ2n) is 3.58. The Morgan fingerprint density at radius 3 is 2.22 bits per heavy atom. The molecule has 0 atom stereocenters. The number of aromatic hydroxyl groups is 1. The predicted octanol–water partition coefficient (Wildman–Crippen LogP) is 2.20. The van der Waals surface area contributed by atoms with Crippen LogP contribution in [0, 0.1) is 0 Å². The Kier molecular flexibility index (Phi) is 3.43. The minimum atomic E-state index is -3.72. The SMILES string of the molecule is O=S(=O)(/N=C/c1ccccc1O)c1ccccc1. The van der Waals surface area contributed by atoms with E-state index in [1.807, 2.05) is 0 Å². The molecular weight excluding hydrogens is 250 g/mol. The Balaban J connectivity index is 2.32. The van der Waals surface area contributed by atoms with E-state index in [0.717, 1.165) is 6.21 Å². The quantitative estimate of drug-likeness (QED) is 0.861. The second kappa shape index (κ2) is 5.01. The Morgan fingerprint density at radius 2 is 1.56 bits per heavy atom. The molecule has 2 rings (SSSR count). The number of hydrogen-bond acceptors (Lipinski definition) is 3. The van der Waals surface area contributed by atoms with E-state index >= 15 is 0 Å². The van der Waals surface area contributed by atoms with E-state index in [2.05, 4.69) is 4.40 Å². The van der Waals surface area contributed by atoms with E-state index in [4.69, 9.17) is 0 Å². The molecule has 5 heteroatoms. The maximum atomic E-state index is 11.8. The number of para-hydroxylation sites is 1. The van der Waals surface area contributed by atoms with Crippen LogP contribution >= 0.6 is 0 Å². The van der Waals surface area contributed by atoms with Gasteiger partial charge in [0.05, 0.1) is 11.1 Å². The third-order valence-electron chi connectivity index (χ3n) is 2.31. The summed E-state index contributed by atoms with van der Waals surface area (Å²) in [4.78, 5) is 0.122. The van der Waals surface area contributed by atoms with Gasteiger partial charge in [0.25, 0.3) is 10.0 Å². The lowest BCUT2D eigenvalue weighted by Crippen LogP contribution is -1.97. The van der Waals surface area contributed by atoms with Gasteiger partial charge in [-0.2, -0.15) is 12.8 Å². The lowest BCUT2D eigenvalue weighted by atomic mass is 10.2. The summed E-state index contributed by atoms with van der Waals surface area (Å²) in [6, 6.07) is 14.3. The number of rotatable bonds is 3. The maximum absolute atomic E-state index is 11.8. The van der Waals surface area contributed by atoms with Crippen molar-refractivity contribution < 1.29 is 13.5 Å². The van der Waals surface area contributed by atoms with Gasteiger partial charge in [-0.1, -0.05) is 30.3 Å². The van der Waals surface area contributed by atoms with Gasteiger partial charge in [0.15, 0.2) is 0 Å². The van der Waals surface area contributed by atoms with E-state index in [9.17, 15) is 13.5 Å². The molecule has 92 valence electrons. The first-order valence-corrected chi connectivity index (χ1v) is 6.67. The van der Waals surface area contributed by atoms with E-state index in [1.165, 1.54) is 18.2 Å². The monoisotopic (exact) mass is 261 g/mol. The van der Waals surface area contributed by atoms with E-state index in [1.54, 1.807) is 36.4 Å². The van der Waals surface area contributed by atoms with Gasteiger partial charge in [-0.05, 0) is 24.3 Å². The smallest absolute Gasteiger partial charge is 0.282 e. The summed E-state index contributed by atoms with van der Waals surface area (Å²) in [5, 5.41) is 9.49. The van der Waals surface area contributed by atoms with Crippen LogP contribution < -0.4 is 0 Å². The van der Waals surface area contributed by atoms with Crippen molar-refractivity contribution in [1.82, 2.24) is 0 Å². The normalized spacial score (nSPS) is 11.8. The van der Waals surface area contributed by atoms with Crippen molar-refractivity contribution in [2.24, 2.45) is 4.40 Å². The number of phenols is 1. The molecule has 0 spiro atoms. The topological polar surface area (TPSA) is 66.7 Å². The molecular formula is C13H11NO3S. The second-order valence-corrected chi connectivity index (χ2v) is 5.21. The minimum absolute atomic E-state index is 0.00971. The molecule has 0 aliphatic heterocycles. The number of benzene rings is 2. The maximum Gasteiger partial charge on any atom is 0.282 e. The molecule has 0 bridgehead atoms. The average molecular weight is 261 g/mol. The standard InChI is InChI=1S/C13H11NO3S/c15-13-9-5-4-6-11(13)10-14-18(16,17)12-7-2-1-3-8-12/h1-10,15H/b14-10+. The van der Waals surface area contributed by atoms with Crippen LogP contribution in [-0.4, -0.2) is 19.7 Å². The van der Waals surface area contributed by atoms with Gasteiger partial charge in [0.2, 0.25) is 0 Å². The summed E-state index contributed by atoms with van der Waals surface area (Å²) in [6.07, 6.45) is 1.14. The third-order valence-corrected chi connectivity index (χ3v) is 3.56. The summed E-state index contributed by atoms with van der Waals surface area (Å²) in [5.41, 5.74) is 0.358. The number of hydrogen-bond donors (Lipinski definition) is 1. The Hall–Kier alpha value is -2.14. The van der Waals surface area contributed by atoms with Gasteiger partial charge in [-0.3, -0.25) is 0 Å². The number of nitrogens with zero attached hydrogens (tertiary/aromatic N) is 1. The highest BCUT2D eigenvalue weighted by molar-refractivity contribution is 7.90. The highest BCUT2D eigenvalue weighted by Gasteiger charge is 2.10. The fourth-order valence-corrected chi connectivity index (χ4v) is 2.25. The fourth-order valence-electron chi connectivity index (χ4n) is 1.38. The predicted molar refractivity (Wildman–Crippen MR) is 69.3 cm³/mol. The summed E-state index contributed by atoms with van der Waals surface area (Å²) in [6.45, 7) is 0. The van der Waals surface area contributed by atoms with Crippen LogP contribution in [0.4, 0.5) is 0 Å². The number of sulfonamides is 1. The zero-order valence-electron chi connectivity index (χ0n) is 9.39. The van der Waals surface area contributed by atoms with Gasteiger partial charge in [-0.15, -0.1) is 0 Å². The fraction of sp³-hybridized carbons (Fsp3) is 0. The molecule has 2 aromatic rings. The summed E-state index contributed by atoms with van der Waals surface area (Å²) in [5.74, 6) is -0.00971. The molecule has 1 N–H and O–H groups in total. The molecule has 0 saturated carbocycles. The van der Waals surface area contributed by atoms with Gasteiger partial charge in [0, 0.05) is 5.56 Å². The van der Waals surface area contributed by atoms with Crippen molar-refractivity contribution in [1.29, 1.82) is 0 Å². The van der Waals surface area contributed by atoms with Gasteiger partial charge < -0.3 is 5.11 Å². The van der Waals surface area contributed by atoms with Crippen molar-refractivity contribution in [3.8, 4) is 5.75 Å². The van der Waals surface area contributed by atoms with Crippen LogP contribution in [0.2, 0.25) is 0 Å². The molecule has 0 saturated heterocycles. The number of phenolic OH excluding ortho intramolecular Hbond substituents is 1. The molecule has 0 radical (unpaired) electrons. The first-order chi connectivity index (χ1) is 8.59. The van der Waals surface area contributed by atoms with Gasteiger partial charge >= 0.3 is 0 Å².